The van der Waals surface area contributed by atoms with Gasteiger partial charge in [-0.25, -0.2) is 13.8 Å². The van der Waals surface area contributed by atoms with Gasteiger partial charge in [-0.15, -0.1) is 0 Å². The molecule has 0 spiro atoms. The van der Waals surface area contributed by atoms with Gasteiger partial charge in [-0.3, -0.25) is 4.79 Å². The van der Waals surface area contributed by atoms with Gasteiger partial charge in [0.2, 0.25) is 0 Å². The molecule has 4 nitrogen and oxygen atoms in total. The second-order valence-electron chi connectivity index (χ2n) is 2.94. The van der Waals surface area contributed by atoms with E-state index >= 15 is 0 Å². The number of esters is 1. The Bertz CT molecular complexity index is 382. The summed E-state index contributed by atoms with van der Waals surface area (Å²) in [6, 6.07) is 2.51. The van der Waals surface area contributed by atoms with Crippen LogP contribution in [0.2, 0.25) is 0 Å². The molecule has 6 heteroatoms. The summed E-state index contributed by atoms with van der Waals surface area (Å²) in [4.78, 5) is 14.7. The highest BCUT2D eigenvalue weighted by molar-refractivity contribution is 5.72. The lowest BCUT2D eigenvalue weighted by atomic mass is 10.2. The van der Waals surface area contributed by atoms with Crippen LogP contribution in [0.15, 0.2) is 12.1 Å². The van der Waals surface area contributed by atoms with Gasteiger partial charge < -0.3 is 9.47 Å². The van der Waals surface area contributed by atoms with E-state index in [-0.39, 0.29) is 23.6 Å². The molecule has 0 amide bonds. The van der Waals surface area contributed by atoms with Gasteiger partial charge in [-0.2, -0.15) is 0 Å². The maximum Gasteiger partial charge on any atom is 0.311 e. The average molecular weight is 231 g/mol. The Hall–Kier alpha value is -1.72. The van der Waals surface area contributed by atoms with Gasteiger partial charge in [-0.1, -0.05) is 0 Å². The van der Waals surface area contributed by atoms with Gasteiger partial charge >= 0.3 is 5.97 Å². The second kappa shape index (κ2) is 5.39. The number of alkyl halides is 2. The molecule has 1 aromatic rings. The SMILES string of the molecule is COC(=O)Cc1nc(C(F)F)ccc1OC. The molecule has 88 valence electrons. The van der Waals surface area contributed by atoms with Crippen molar-refractivity contribution in [3.8, 4) is 5.75 Å². The summed E-state index contributed by atoms with van der Waals surface area (Å²) in [6.07, 6.45) is -2.87. The van der Waals surface area contributed by atoms with Crippen LogP contribution in [0, 0.1) is 0 Å². The molecule has 0 radical (unpaired) electrons. The maximum absolute atomic E-state index is 12.4. The number of hydrogen-bond donors (Lipinski definition) is 0. The molecule has 0 fully saturated rings. The number of ether oxygens (including phenoxy) is 2. The summed E-state index contributed by atoms with van der Waals surface area (Å²) in [7, 11) is 2.59. The highest BCUT2D eigenvalue weighted by atomic mass is 19.3. The summed E-state index contributed by atoms with van der Waals surface area (Å²) in [5.41, 5.74) is -0.244. The molecular formula is C10H11F2NO3. The van der Waals surface area contributed by atoms with Gasteiger partial charge in [0.05, 0.1) is 26.3 Å². The lowest BCUT2D eigenvalue weighted by Crippen LogP contribution is -2.09. The molecule has 0 saturated heterocycles. The summed E-state index contributed by atoms with van der Waals surface area (Å²) in [5, 5.41) is 0. The lowest BCUT2D eigenvalue weighted by Gasteiger charge is -2.08. The number of methoxy groups -OCH3 is 2. The van der Waals surface area contributed by atoms with Gasteiger partial charge in [-0.05, 0) is 12.1 Å². The quantitative estimate of drug-likeness (QED) is 0.740. The molecule has 16 heavy (non-hydrogen) atoms. The first-order chi connectivity index (χ1) is 7.58. The molecule has 0 atom stereocenters. The number of nitrogens with zero attached hydrogens (tertiary/aromatic N) is 1. The summed E-state index contributed by atoms with van der Waals surface area (Å²) >= 11 is 0. The number of aromatic nitrogens is 1. The molecule has 1 rings (SSSR count). The van der Waals surface area contributed by atoms with Crippen LogP contribution in [-0.2, 0) is 16.0 Å². The monoisotopic (exact) mass is 231 g/mol. The minimum absolute atomic E-state index is 0.146. The highest BCUT2D eigenvalue weighted by Gasteiger charge is 2.15. The van der Waals surface area contributed by atoms with E-state index in [9.17, 15) is 13.6 Å². The van der Waals surface area contributed by atoms with E-state index in [4.69, 9.17) is 4.74 Å². The topological polar surface area (TPSA) is 48.4 Å². The Labute approximate surface area is 91.2 Å². The fourth-order valence-corrected chi connectivity index (χ4v) is 1.15. The highest BCUT2D eigenvalue weighted by Crippen LogP contribution is 2.23. The first kappa shape index (κ1) is 12.4. The van der Waals surface area contributed by atoms with Crippen LogP contribution >= 0.6 is 0 Å². The maximum atomic E-state index is 12.4. The number of carbonyl (C=O) groups excluding carboxylic acids is 1. The van der Waals surface area contributed by atoms with Crippen molar-refractivity contribution in [1.82, 2.24) is 4.98 Å². The van der Waals surface area contributed by atoms with Crippen molar-refractivity contribution in [1.29, 1.82) is 0 Å². The van der Waals surface area contributed by atoms with Crippen LogP contribution in [0.3, 0.4) is 0 Å². The number of pyridine rings is 1. The molecule has 0 aromatic carbocycles. The Morgan fingerprint density at radius 2 is 2.12 bits per heavy atom. The first-order valence-electron chi connectivity index (χ1n) is 4.47. The van der Waals surface area contributed by atoms with Crippen LogP contribution in [0.4, 0.5) is 8.78 Å². The molecule has 0 bridgehead atoms. The molecule has 0 unspecified atom stereocenters. The molecular weight excluding hydrogens is 220 g/mol. The van der Waals surface area contributed by atoms with Crippen LogP contribution in [0.1, 0.15) is 17.8 Å². The minimum Gasteiger partial charge on any atom is -0.495 e. The van der Waals surface area contributed by atoms with E-state index in [0.717, 1.165) is 6.07 Å². The third kappa shape index (κ3) is 2.88. The summed E-state index contributed by atoms with van der Waals surface area (Å²) in [6.45, 7) is 0. The molecule has 0 aliphatic carbocycles. The Balaban J connectivity index is 3.02. The van der Waals surface area contributed by atoms with Crippen molar-refractivity contribution in [3.63, 3.8) is 0 Å². The summed E-state index contributed by atoms with van der Waals surface area (Å²) in [5.74, 6) is -0.271. The molecule has 0 aliphatic heterocycles. The minimum atomic E-state index is -2.68. The Morgan fingerprint density at radius 1 is 1.44 bits per heavy atom. The van der Waals surface area contributed by atoms with E-state index < -0.39 is 12.4 Å². The molecule has 1 heterocycles. The van der Waals surface area contributed by atoms with Gasteiger partial charge in [0.25, 0.3) is 6.43 Å². The number of carbonyl (C=O) groups is 1. The van der Waals surface area contributed by atoms with E-state index in [2.05, 4.69) is 9.72 Å². The molecule has 0 N–H and O–H groups in total. The molecule has 1 aromatic heterocycles. The first-order valence-corrected chi connectivity index (χ1v) is 4.47. The third-order valence-electron chi connectivity index (χ3n) is 1.94. The number of hydrogen-bond acceptors (Lipinski definition) is 4. The normalized spacial score (nSPS) is 10.3. The lowest BCUT2D eigenvalue weighted by molar-refractivity contribution is -0.139. The fraction of sp³-hybridized carbons (Fsp3) is 0.400. The standard InChI is InChI=1S/C10H11F2NO3/c1-15-8-4-3-6(10(11)12)13-7(8)5-9(14)16-2/h3-4,10H,5H2,1-2H3. The Kier molecular flexibility index (Phi) is 4.16. The molecule has 0 aliphatic rings. The average Bonchev–Trinajstić information content (AvgIpc) is 2.28. The summed E-state index contributed by atoms with van der Waals surface area (Å²) < 4.78 is 34.1. The Morgan fingerprint density at radius 3 is 2.62 bits per heavy atom. The van der Waals surface area contributed by atoms with E-state index in [1.807, 2.05) is 0 Å². The van der Waals surface area contributed by atoms with Crippen molar-refractivity contribution in [2.75, 3.05) is 14.2 Å². The fourth-order valence-electron chi connectivity index (χ4n) is 1.15. The predicted molar refractivity (Wildman–Crippen MR) is 51.5 cm³/mol. The third-order valence-corrected chi connectivity index (χ3v) is 1.94. The van der Waals surface area contributed by atoms with E-state index in [1.54, 1.807) is 0 Å². The zero-order chi connectivity index (χ0) is 12.1. The smallest absolute Gasteiger partial charge is 0.311 e. The van der Waals surface area contributed by atoms with Gasteiger partial charge in [0, 0.05) is 0 Å². The van der Waals surface area contributed by atoms with Gasteiger partial charge in [0.1, 0.15) is 11.4 Å². The van der Waals surface area contributed by atoms with Crippen LogP contribution in [0.25, 0.3) is 0 Å². The zero-order valence-electron chi connectivity index (χ0n) is 8.87. The predicted octanol–water partition coefficient (Wildman–Crippen LogP) is 1.74. The van der Waals surface area contributed by atoms with Crippen molar-refractivity contribution in [3.05, 3.63) is 23.5 Å². The van der Waals surface area contributed by atoms with Crippen LogP contribution in [0.5, 0.6) is 5.75 Å². The second-order valence-corrected chi connectivity index (χ2v) is 2.94. The van der Waals surface area contributed by atoms with Gasteiger partial charge in [0.15, 0.2) is 0 Å². The van der Waals surface area contributed by atoms with E-state index in [0.29, 0.717) is 0 Å². The van der Waals surface area contributed by atoms with Crippen molar-refractivity contribution >= 4 is 5.97 Å². The molecule has 0 saturated carbocycles. The number of rotatable bonds is 4. The van der Waals surface area contributed by atoms with Crippen LogP contribution < -0.4 is 4.74 Å². The van der Waals surface area contributed by atoms with Crippen molar-refractivity contribution in [2.24, 2.45) is 0 Å². The zero-order valence-corrected chi connectivity index (χ0v) is 8.87. The van der Waals surface area contributed by atoms with Crippen LogP contribution in [-0.4, -0.2) is 25.2 Å². The van der Waals surface area contributed by atoms with Crippen molar-refractivity contribution < 1.29 is 23.0 Å². The largest absolute Gasteiger partial charge is 0.495 e. The van der Waals surface area contributed by atoms with Crippen molar-refractivity contribution in [2.45, 2.75) is 12.8 Å². The number of halogens is 2. The van der Waals surface area contributed by atoms with E-state index in [1.165, 1.54) is 20.3 Å².